The number of hydrogen-bond acceptors (Lipinski definition) is 5. The first-order valence-corrected chi connectivity index (χ1v) is 9.05. The molecule has 0 aliphatic carbocycles. The highest BCUT2D eigenvalue weighted by atomic mass is 16.5. The van der Waals surface area contributed by atoms with Crippen LogP contribution in [-0.2, 0) is 13.0 Å². The van der Waals surface area contributed by atoms with E-state index in [4.69, 9.17) is 18.9 Å². The summed E-state index contributed by atoms with van der Waals surface area (Å²) in [6.45, 7) is 2.54. The summed E-state index contributed by atoms with van der Waals surface area (Å²) in [6, 6.07) is 11.2. The van der Waals surface area contributed by atoms with Crippen molar-refractivity contribution in [3.05, 3.63) is 58.0 Å². The van der Waals surface area contributed by atoms with Crippen LogP contribution in [0.3, 0.4) is 0 Å². The Hall–Kier alpha value is -3.15. The molecule has 2 aromatic carbocycles. The van der Waals surface area contributed by atoms with Gasteiger partial charge in [-0.25, -0.2) is 0 Å². The summed E-state index contributed by atoms with van der Waals surface area (Å²) < 4.78 is 23.4. The minimum absolute atomic E-state index is 0.0438. The number of pyridine rings is 1. The minimum Gasteiger partial charge on any atom is -0.493 e. The Morgan fingerprint density at radius 3 is 2.00 bits per heavy atom. The minimum atomic E-state index is -0.0438. The van der Waals surface area contributed by atoms with Crippen LogP contribution in [0, 0.1) is 0 Å². The molecule has 1 heterocycles. The number of rotatable bonds is 7. The van der Waals surface area contributed by atoms with Crippen molar-refractivity contribution in [1.82, 2.24) is 4.57 Å². The lowest BCUT2D eigenvalue weighted by Crippen LogP contribution is -2.22. The number of methoxy groups -OCH3 is 4. The monoisotopic (exact) mass is 383 g/mol. The van der Waals surface area contributed by atoms with Crippen molar-refractivity contribution in [3.63, 3.8) is 0 Å². The molecule has 0 radical (unpaired) electrons. The van der Waals surface area contributed by atoms with Crippen molar-refractivity contribution in [2.75, 3.05) is 28.4 Å². The largest absolute Gasteiger partial charge is 0.493 e. The number of hydrogen-bond donors (Lipinski definition) is 0. The van der Waals surface area contributed by atoms with E-state index in [2.05, 4.69) is 0 Å². The van der Waals surface area contributed by atoms with Crippen LogP contribution < -0.4 is 24.5 Å². The molecule has 0 bridgehead atoms. The molecule has 0 aliphatic rings. The van der Waals surface area contributed by atoms with Crippen molar-refractivity contribution >= 4 is 10.8 Å². The van der Waals surface area contributed by atoms with Gasteiger partial charge in [0.25, 0.3) is 5.56 Å². The van der Waals surface area contributed by atoms with Gasteiger partial charge in [0.1, 0.15) is 0 Å². The fourth-order valence-corrected chi connectivity index (χ4v) is 3.47. The summed E-state index contributed by atoms with van der Waals surface area (Å²) in [4.78, 5) is 12.7. The standard InChI is InChI=1S/C22H25NO5/c1-6-23-17(9-14-7-8-18(25-2)19(10-14)26-3)16-13-21(28-5)20(27-4)11-15(16)12-22(23)24/h7-8,10-13H,6,9H2,1-5H3. The number of benzene rings is 2. The predicted octanol–water partition coefficient (Wildman–Crippen LogP) is 3.65. The third-order valence-corrected chi connectivity index (χ3v) is 4.87. The molecule has 0 fully saturated rings. The Morgan fingerprint density at radius 1 is 0.786 bits per heavy atom. The molecule has 0 amide bonds. The SMILES string of the molecule is CCn1c(Cc2ccc(OC)c(OC)c2)c2cc(OC)c(OC)cc2cc1=O. The molecule has 0 aliphatic heterocycles. The number of fused-ring (bicyclic) bond motifs is 1. The van der Waals surface area contributed by atoms with Gasteiger partial charge in [-0.1, -0.05) is 6.07 Å². The maximum atomic E-state index is 12.7. The molecule has 148 valence electrons. The third kappa shape index (κ3) is 3.50. The summed E-state index contributed by atoms with van der Waals surface area (Å²) in [5.74, 6) is 2.55. The van der Waals surface area contributed by atoms with Gasteiger partial charge in [0.2, 0.25) is 0 Å². The fourth-order valence-electron chi connectivity index (χ4n) is 3.47. The van der Waals surface area contributed by atoms with E-state index in [0.29, 0.717) is 36.0 Å². The second-order valence-electron chi connectivity index (χ2n) is 6.33. The molecule has 0 spiro atoms. The van der Waals surface area contributed by atoms with Crippen molar-refractivity contribution < 1.29 is 18.9 Å². The second kappa shape index (κ2) is 8.25. The average Bonchev–Trinajstić information content (AvgIpc) is 2.72. The Balaban J connectivity index is 2.22. The lowest BCUT2D eigenvalue weighted by atomic mass is 10.0. The lowest BCUT2D eigenvalue weighted by molar-refractivity contribution is 0.354. The number of nitrogens with zero attached hydrogens (tertiary/aromatic N) is 1. The van der Waals surface area contributed by atoms with Crippen LogP contribution in [0.1, 0.15) is 18.2 Å². The van der Waals surface area contributed by atoms with Gasteiger partial charge >= 0.3 is 0 Å². The number of aromatic nitrogens is 1. The van der Waals surface area contributed by atoms with E-state index in [-0.39, 0.29) is 5.56 Å². The average molecular weight is 383 g/mol. The summed E-state index contributed by atoms with van der Waals surface area (Å²) in [5, 5.41) is 1.77. The third-order valence-electron chi connectivity index (χ3n) is 4.87. The van der Waals surface area contributed by atoms with Crippen LogP contribution in [0.15, 0.2) is 41.2 Å². The van der Waals surface area contributed by atoms with Gasteiger partial charge in [-0.2, -0.15) is 0 Å². The van der Waals surface area contributed by atoms with Gasteiger partial charge in [0, 0.05) is 30.1 Å². The normalized spacial score (nSPS) is 10.8. The first kappa shape index (κ1) is 19.6. The number of ether oxygens (including phenoxy) is 4. The first-order valence-electron chi connectivity index (χ1n) is 9.05. The Bertz CT molecular complexity index is 1050. The van der Waals surface area contributed by atoms with E-state index in [1.807, 2.05) is 37.3 Å². The van der Waals surface area contributed by atoms with E-state index in [1.54, 1.807) is 39.1 Å². The molecule has 6 heteroatoms. The van der Waals surface area contributed by atoms with Gasteiger partial charge in [-0.3, -0.25) is 4.79 Å². The summed E-state index contributed by atoms with van der Waals surface area (Å²) >= 11 is 0. The zero-order valence-electron chi connectivity index (χ0n) is 16.9. The Kier molecular flexibility index (Phi) is 5.78. The van der Waals surface area contributed by atoms with E-state index >= 15 is 0 Å². The predicted molar refractivity (Wildman–Crippen MR) is 109 cm³/mol. The maximum Gasteiger partial charge on any atom is 0.251 e. The molecule has 1 aromatic heterocycles. The van der Waals surface area contributed by atoms with Crippen molar-refractivity contribution in [2.24, 2.45) is 0 Å². The van der Waals surface area contributed by atoms with E-state index in [1.165, 1.54) is 0 Å². The highest BCUT2D eigenvalue weighted by molar-refractivity contribution is 5.88. The maximum absolute atomic E-state index is 12.7. The highest BCUT2D eigenvalue weighted by Gasteiger charge is 2.15. The summed E-state index contributed by atoms with van der Waals surface area (Å²) in [7, 11) is 6.41. The molecule has 0 saturated carbocycles. The molecular weight excluding hydrogens is 358 g/mol. The van der Waals surface area contributed by atoms with Crippen molar-refractivity contribution in [2.45, 2.75) is 19.9 Å². The quantitative estimate of drug-likeness (QED) is 0.623. The highest BCUT2D eigenvalue weighted by Crippen LogP contribution is 2.34. The van der Waals surface area contributed by atoms with Gasteiger partial charge in [-0.05, 0) is 42.1 Å². The molecule has 0 N–H and O–H groups in total. The van der Waals surface area contributed by atoms with Crippen LogP contribution in [0.2, 0.25) is 0 Å². The van der Waals surface area contributed by atoms with E-state index < -0.39 is 0 Å². The van der Waals surface area contributed by atoms with Gasteiger partial charge in [0.15, 0.2) is 23.0 Å². The lowest BCUT2D eigenvalue weighted by Gasteiger charge is -2.17. The fraction of sp³-hybridized carbons (Fsp3) is 0.318. The van der Waals surface area contributed by atoms with E-state index in [9.17, 15) is 4.79 Å². The molecule has 0 unspecified atom stereocenters. The van der Waals surface area contributed by atoms with Crippen molar-refractivity contribution in [3.8, 4) is 23.0 Å². The van der Waals surface area contributed by atoms with E-state index in [0.717, 1.165) is 22.0 Å². The first-order chi connectivity index (χ1) is 13.6. The molecular formula is C22H25NO5. The van der Waals surface area contributed by atoms with Crippen LogP contribution in [0.5, 0.6) is 23.0 Å². The van der Waals surface area contributed by atoms with Crippen molar-refractivity contribution in [1.29, 1.82) is 0 Å². The molecule has 28 heavy (non-hydrogen) atoms. The summed E-state index contributed by atoms with van der Waals surface area (Å²) in [6.07, 6.45) is 0.566. The molecule has 0 saturated heterocycles. The van der Waals surface area contributed by atoms with Crippen LogP contribution in [-0.4, -0.2) is 33.0 Å². The second-order valence-corrected chi connectivity index (χ2v) is 6.33. The molecule has 3 aromatic rings. The zero-order valence-corrected chi connectivity index (χ0v) is 16.9. The van der Waals surface area contributed by atoms with Crippen LogP contribution in [0.25, 0.3) is 10.8 Å². The Morgan fingerprint density at radius 2 is 1.39 bits per heavy atom. The summed E-state index contributed by atoms with van der Waals surface area (Å²) in [5.41, 5.74) is 1.89. The van der Waals surface area contributed by atoms with Crippen LogP contribution in [0.4, 0.5) is 0 Å². The smallest absolute Gasteiger partial charge is 0.251 e. The molecule has 3 rings (SSSR count). The topological polar surface area (TPSA) is 58.9 Å². The molecule has 6 nitrogen and oxygen atoms in total. The van der Waals surface area contributed by atoms with Gasteiger partial charge in [-0.15, -0.1) is 0 Å². The van der Waals surface area contributed by atoms with Gasteiger partial charge in [0.05, 0.1) is 28.4 Å². The Labute approximate surface area is 164 Å². The van der Waals surface area contributed by atoms with Gasteiger partial charge < -0.3 is 23.5 Å². The zero-order chi connectivity index (χ0) is 20.3. The van der Waals surface area contributed by atoms with Crippen LogP contribution >= 0.6 is 0 Å². The molecule has 0 atom stereocenters.